The maximum Gasteiger partial charge on any atom is 0.412 e. The van der Waals surface area contributed by atoms with Gasteiger partial charge in [0.15, 0.2) is 0 Å². The fourth-order valence-corrected chi connectivity index (χ4v) is 2.47. The molecule has 1 heterocycles. The van der Waals surface area contributed by atoms with Crippen LogP contribution >= 0.6 is 22.9 Å². The van der Waals surface area contributed by atoms with E-state index in [0.29, 0.717) is 10.0 Å². The van der Waals surface area contributed by atoms with Crippen molar-refractivity contribution in [2.75, 3.05) is 5.32 Å². The second-order valence-electron chi connectivity index (χ2n) is 3.59. The second-order valence-corrected chi connectivity index (χ2v) is 4.87. The molecule has 1 amide bonds. The molecule has 19 heavy (non-hydrogen) atoms. The molecule has 0 saturated carbocycles. The number of benzene rings is 1. The first-order valence-electron chi connectivity index (χ1n) is 5.35. The van der Waals surface area contributed by atoms with Gasteiger partial charge in [0.1, 0.15) is 23.2 Å². The number of carbonyl (C=O) groups is 1. The van der Waals surface area contributed by atoms with Gasteiger partial charge in [0.05, 0.1) is 5.02 Å². The molecular weight excluding hydrogens is 284 g/mol. The fraction of sp³-hybridized carbons (Fsp3) is 0.0769. The summed E-state index contributed by atoms with van der Waals surface area (Å²) in [6.45, 7) is 0.174. The van der Waals surface area contributed by atoms with Crippen molar-refractivity contribution in [3.8, 4) is 6.07 Å². The van der Waals surface area contributed by atoms with Crippen LogP contribution < -0.4 is 5.32 Å². The SMILES string of the molecule is N#Cc1c(Cl)csc1NC(=O)OCc1ccccc1. The molecule has 0 spiro atoms. The molecule has 0 fully saturated rings. The van der Waals surface area contributed by atoms with Gasteiger partial charge in [-0.15, -0.1) is 11.3 Å². The smallest absolute Gasteiger partial charge is 0.412 e. The standard InChI is InChI=1S/C13H9ClN2O2S/c14-11-8-19-12(10(11)6-15)16-13(17)18-7-9-4-2-1-3-5-9/h1-5,8H,7H2,(H,16,17). The Bertz CT molecular complexity index is 619. The van der Waals surface area contributed by atoms with Crippen LogP contribution in [0, 0.1) is 11.3 Å². The van der Waals surface area contributed by atoms with Gasteiger partial charge in [-0.2, -0.15) is 5.26 Å². The highest BCUT2D eigenvalue weighted by atomic mass is 35.5. The average molecular weight is 293 g/mol. The Morgan fingerprint density at radius 2 is 2.16 bits per heavy atom. The van der Waals surface area contributed by atoms with Crippen LogP contribution in [0.3, 0.4) is 0 Å². The molecule has 0 aliphatic heterocycles. The quantitative estimate of drug-likeness (QED) is 0.929. The summed E-state index contributed by atoms with van der Waals surface area (Å²) in [7, 11) is 0. The van der Waals surface area contributed by atoms with Crippen LogP contribution in [0.2, 0.25) is 5.02 Å². The van der Waals surface area contributed by atoms with Gasteiger partial charge in [-0.1, -0.05) is 41.9 Å². The maximum absolute atomic E-state index is 11.6. The number of anilines is 1. The largest absolute Gasteiger partial charge is 0.444 e. The molecule has 1 N–H and O–H groups in total. The molecule has 1 aromatic heterocycles. The zero-order chi connectivity index (χ0) is 13.7. The van der Waals surface area contributed by atoms with Crippen LogP contribution in [0.5, 0.6) is 0 Å². The van der Waals surface area contributed by atoms with Gasteiger partial charge in [0.25, 0.3) is 0 Å². The second kappa shape index (κ2) is 6.23. The van der Waals surface area contributed by atoms with Gasteiger partial charge < -0.3 is 4.74 Å². The predicted octanol–water partition coefficient (Wildman–Crippen LogP) is 4.02. The van der Waals surface area contributed by atoms with Gasteiger partial charge in [-0.25, -0.2) is 4.79 Å². The third-order valence-corrected chi connectivity index (χ3v) is 3.61. The molecule has 2 aromatic rings. The van der Waals surface area contributed by atoms with Crippen molar-refractivity contribution < 1.29 is 9.53 Å². The number of amides is 1. The molecule has 1 aromatic carbocycles. The lowest BCUT2D eigenvalue weighted by Gasteiger charge is -2.05. The summed E-state index contributed by atoms with van der Waals surface area (Å²) >= 11 is 6.98. The van der Waals surface area contributed by atoms with Gasteiger partial charge in [-0.3, -0.25) is 5.32 Å². The Labute approximate surface area is 119 Å². The van der Waals surface area contributed by atoms with E-state index in [9.17, 15) is 4.79 Å². The number of carbonyl (C=O) groups excluding carboxylic acids is 1. The normalized spacial score (nSPS) is 9.68. The number of nitriles is 1. The van der Waals surface area contributed by atoms with E-state index in [1.807, 2.05) is 36.4 Å². The van der Waals surface area contributed by atoms with Crippen LogP contribution in [0.25, 0.3) is 0 Å². The minimum Gasteiger partial charge on any atom is -0.444 e. The van der Waals surface area contributed by atoms with E-state index < -0.39 is 6.09 Å². The highest BCUT2D eigenvalue weighted by Crippen LogP contribution is 2.31. The van der Waals surface area contributed by atoms with Crippen LogP contribution in [-0.4, -0.2) is 6.09 Å². The van der Waals surface area contributed by atoms with E-state index >= 15 is 0 Å². The Kier molecular flexibility index (Phi) is 4.39. The zero-order valence-electron chi connectivity index (χ0n) is 9.72. The minimum absolute atomic E-state index is 0.174. The summed E-state index contributed by atoms with van der Waals surface area (Å²) in [4.78, 5) is 11.6. The molecule has 96 valence electrons. The van der Waals surface area contributed by atoms with Gasteiger partial charge in [0, 0.05) is 5.38 Å². The first-order valence-corrected chi connectivity index (χ1v) is 6.61. The Balaban J connectivity index is 1.93. The zero-order valence-corrected chi connectivity index (χ0v) is 11.3. The van der Waals surface area contributed by atoms with Gasteiger partial charge in [0.2, 0.25) is 0 Å². The fourth-order valence-electron chi connectivity index (χ4n) is 1.39. The first-order chi connectivity index (χ1) is 9.20. The summed E-state index contributed by atoms with van der Waals surface area (Å²) in [5.41, 5.74) is 1.14. The lowest BCUT2D eigenvalue weighted by molar-refractivity contribution is 0.155. The number of nitrogens with one attached hydrogen (secondary N) is 1. The van der Waals surface area contributed by atoms with E-state index in [1.165, 1.54) is 11.3 Å². The molecule has 0 aliphatic rings. The topological polar surface area (TPSA) is 62.1 Å². The molecule has 2 rings (SSSR count). The summed E-state index contributed by atoms with van der Waals surface area (Å²) in [6.07, 6.45) is -0.612. The van der Waals surface area contributed by atoms with Crippen LogP contribution in [0.1, 0.15) is 11.1 Å². The Morgan fingerprint density at radius 3 is 2.84 bits per heavy atom. The summed E-state index contributed by atoms with van der Waals surface area (Å²) < 4.78 is 5.04. The Hall–Kier alpha value is -2.03. The van der Waals surface area contributed by atoms with Crippen molar-refractivity contribution in [1.29, 1.82) is 5.26 Å². The maximum atomic E-state index is 11.6. The van der Waals surface area contributed by atoms with Crippen molar-refractivity contribution in [2.24, 2.45) is 0 Å². The van der Waals surface area contributed by atoms with Crippen molar-refractivity contribution in [3.63, 3.8) is 0 Å². The third-order valence-electron chi connectivity index (χ3n) is 2.29. The number of halogens is 1. The van der Waals surface area contributed by atoms with E-state index in [0.717, 1.165) is 5.56 Å². The molecule has 4 nitrogen and oxygen atoms in total. The van der Waals surface area contributed by atoms with Crippen LogP contribution in [0.15, 0.2) is 35.7 Å². The van der Waals surface area contributed by atoms with Gasteiger partial charge in [-0.05, 0) is 5.56 Å². The lowest BCUT2D eigenvalue weighted by atomic mass is 10.2. The van der Waals surface area contributed by atoms with Crippen molar-refractivity contribution >= 4 is 34.0 Å². The van der Waals surface area contributed by atoms with E-state index in [2.05, 4.69) is 5.32 Å². The minimum atomic E-state index is -0.612. The van der Waals surface area contributed by atoms with Crippen molar-refractivity contribution in [1.82, 2.24) is 0 Å². The van der Waals surface area contributed by atoms with E-state index in [4.69, 9.17) is 21.6 Å². The molecule has 0 saturated heterocycles. The highest BCUT2D eigenvalue weighted by molar-refractivity contribution is 7.15. The predicted molar refractivity (Wildman–Crippen MR) is 74.3 cm³/mol. The van der Waals surface area contributed by atoms with E-state index in [-0.39, 0.29) is 12.2 Å². The molecule has 0 atom stereocenters. The molecule has 0 bridgehead atoms. The van der Waals surface area contributed by atoms with E-state index in [1.54, 1.807) is 5.38 Å². The number of hydrogen-bond donors (Lipinski definition) is 1. The van der Waals surface area contributed by atoms with Crippen LogP contribution in [0.4, 0.5) is 9.80 Å². The number of ether oxygens (including phenoxy) is 1. The monoisotopic (exact) mass is 292 g/mol. The average Bonchev–Trinajstić information content (AvgIpc) is 2.78. The summed E-state index contributed by atoms with van der Waals surface area (Å²) in [5, 5.41) is 13.7. The number of thiophene rings is 1. The van der Waals surface area contributed by atoms with Gasteiger partial charge >= 0.3 is 6.09 Å². The molecule has 6 heteroatoms. The molecule has 0 unspecified atom stereocenters. The Morgan fingerprint density at radius 1 is 1.42 bits per heavy atom. The summed E-state index contributed by atoms with van der Waals surface area (Å²) in [5.74, 6) is 0. The van der Waals surface area contributed by atoms with Crippen molar-refractivity contribution in [2.45, 2.75) is 6.61 Å². The first kappa shape index (κ1) is 13.4. The number of rotatable bonds is 3. The van der Waals surface area contributed by atoms with Crippen LogP contribution in [-0.2, 0) is 11.3 Å². The highest BCUT2D eigenvalue weighted by Gasteiger charge is 2.13. The molecule has 0 radical (unpaired) electrons. The number of hydrogen-bond acceptors (Lipinski definition) is 4. The van der Waals surface area contributed by atoms with Crippen molar-refractivity contribution in [3.05, 3.63) is 51.9 Å². The summed E-state index contributed by atoms with van der Waals surface area (Å²) in [6, 6.07) is 11.3. The number of nitrogens with zero attached hydrogens (tertiary/aromatic N) is 1. The molecule has 0 aliphatic carbocycles. The lowest BCUT2D eigenvalue weighted by Crippen LogP contribution is -2.13. The third kappa shape index (κ3) is 3.47. The molecular formula is C13H9ClN2O2S.